The summed E-state index contributed by atoms with van der Waals surface area (Å²) in [4.78, 5) is 19.8. The number of ether oxygens (including phenoxy) is 1. The molecule has 12 heteroatoms. The molecule has 0 saturated heterocycles. The molecule has 2 aromatic heterocycles. The van der Waals surface area contributed by atoms with Crippen LogP contribution in [-0.4, -0.2) is 34.2 Å². The maximum atomic E-state index is 13.7. The number of aromatic amines is 1. The average molecular weight is 551 g/mol. The molecule has 0 fully saturated rings. The van der Waals surface area contributed by atoms with E-state index in [-0.39, 0.29) is 37.7 Å². The fourth-order valence-corrected chi connectivity index (χ4v) is 4.18. The van der Waals surface area contributed by atoms with Crippen molar-refractivity contribution >= 4 is 22.7 Å². The van der Waals surface area contributed by atoms with E-state index in [1.165, 1.54) is 6.20 Å². The van der Waals surface area contributed by atoms with Crippen LogP contribution < -0.4 is 9.64 Å². The number of benzene rings is 2. The van der Waals surface area contributed by atoms with Crippen molar-refractivity contribution in [3.05, 3.63) is 89.2 Å². The molecule has 4 aromatic rings. The number of hydrogen-bond donors (Lipinski definition) is 2. The van der Waals surface area contributed by atoms with Crippen molar-refractivity contribution in [3.63, 3.8) is 0 Å². The number of anilines is 1. The smallest absolute Gasteiger partial charge is 0.416 e. The molecular formula is C27H23F6N3O3. The molecule has 4 rings (SSSR count). The molecular weight excluding hydrogens is 528 g/mol. The molecule has 6 nitrogen and oxygen atoms in total. The number of aromatic nitrogens is 2. The summed E-state index contributed by atoms with van der Waals surface area (Å²) in [6.07, 6.45) is -6.61. The Morgan fingerprint density at radius 2 is 1.77 bits per heavy atom. The summed E-state index contributed by atoms with van der Waals surface area (Å²) < 4.78 is 86.1. The van der Waals surface area contributed by atoms with Gasteiger partial charge in [0.25, 0.3) is 0 Å². The van der Waals surface area contributed by atoms with Gasteiger partial charge in [0.1, 0.15) is 11.6 Å². The van der Waals surface area contributed by atoms with Crippen LogP contribution in [0.5, 0.6) is 5.75 Å². The number of halogens is 6. The summed E-state index contributed by atoms with van der Waals surface area (Å²) in [5.74, 6) is -0.128. The van der Waals surface area contributed by atoms with Crippen LogP contribution in [0.15, 0.2) is 67.0 Å². The lowest BCUT2D eigenvalue weighted by Crippen LogP contribution is -2.27. The van der Waals surface area contributed by atoms with Crippen LogP contribution in [0, 0.1) is 0 Å². The Kier molecular flexibility index (Phi) is 8.03. The lowest BCUT2D eigenvalue weighted by Gasteiger charge is -2.26. The van der Waals surface area contributed by atoms with Gasteiger partial charge in [-0.15, -0.1) is 0 Å². The second kappa shape index (κ2) is 11.3. The highest BCUT2D eigenvalue weighted by Gasteiger charge is 2.38. The van der Waals surface area contributed by atoms with Gasteiger partial charge in [0.05, 0.1) is 24.2 Å². The quantitative estimate of drug-likeness (QED) is 0.169. The van der Waals surface area contributed by atoms with Crippen LogP contribution in [0.2, 0.25) is 0 Å². The highest BCUT2D eigenvalue weighted by atomic mass is 19.4. The number of nitrogens with one attached hydrogen (secondary N) is 1. The maximum Gasteiger partial charge on any atom is 0.416 e. The molecule has 0 aliphatic heterocycles. The van der Waals surface area contributed by atoms with Crippen molar-refractivity contribution in [3.8, 4) is 5.75 Å². The largest absolute Gasteiger partial charge is 0.494 e. The van der Waals surface area contributed by atoms with E-state index in [1.54, 1.807) is 47.5 Å². The van der Waals surface area contributed by atoms with Crippen molar-refractivity contribution in [1.82, 2.24) is 9.97 Å². The first-order valence-electron chi connectivity index (χ1n) is 11.8. The molecule has 0 amide bonds. The average Bonchev–Trinajstić information content (AvgIpc) is 3.26. The zero-order chi connectivity index (χ0) is 28.2. The molecule has 0 bridgehead atoms. The van der Waals surface area contributed by atoms with Crippen LogP contribution in [0.3, 0.4) is 0 Å². The third kappa shape index (κ3) is 7.01. The number of carboxylic acid groups (broad SMARTS) is 1. The van der Waals surface area contributed by atoms with Crippen LogP contribution in [0.4, 0.5) is 32.2 Å². The van der Waals surface area contributed by atoms with Crippen LogP contribution in [0.25, 0.3) is 10.9 Å². The fourth-order valence-electron chi connectivity index (χ4n) is 4.18. The lowest BCUT2D eigenvalue weighted by atomic mass is 10.0. The van der Waals surface area contributed by atoms with Crippen LogP contribution in [0.1, 0.15) is 28.7 Å². The SMILES string of the molecule is O=C(O)Cc1c[nH]c2ccc(OCCCN(Cc3ccc(C(F)(F)F)cc3C(F)(F)F)c3ccccn3)cc12. The van der Waals surface area contributed by atoms with Gasteiger partial charge in [-0.05, 0) is 60.0 Å². The summed E-state index contributed by atoms with van der Waals surface area (Å²) in [5, 5.41) is 9.78. The van der Waals surface area contributed by atoms with E-state index in [9.17, 15) is 31.1 Å². The minimum absolute atomic E-state index is 0.130. The number of hydrogen-bond acceptors (Lipinski definition) is 4. The van der Waals surface area contributed by atoms with Gasteiger partial charge < -0.3 is 19.7 Å². The Bertz CT molecular complexity index is 1430. The molecule has 2 heterocycles. The highest BCUT2D eigenvalue weighted by Crippen LogP contribution is 2.38. The molecule has 0 atom stereocenters. The minimum Gasteiger partial charge on any atom is -0.494 e. The number of H-pyrrole nitrogens is 1. The Hall–Kier alpha value is -4.22. The molecule has 0 spiro atoms. The Morgan fingerprint density at radius 1 is 0.974 bits per heavy atom. The van der Waals surface area contributed by atoms with Gasteiger partial charge in [0.2, 0.25) is 0 Å². The van der Waals surface area contributed by atoms with Crippen LogP contribution >= 0.6 is 0 Å². The molecule has 2 N–H and O–H groups in total. The third-order valence-corrected chi connectivity index (χ3v) is 6.00. The van der Waals surface area contributed by atoms with E-state index in [0.29, 0.717) is 35.0 Å². The molecule has 39 heavy (non-hydrogen) atoms. The standard InChI is InChI=1S/C27H23F6N3O3/c28-26(29,30)19-6-5-17(22(13-19)27(31,32)33)16-36(24-4-1-2-9-34-24)10-3-11-39-20-7-8-23-21(14-20)18(15-35-23)12-25(37)38/h1-2,4-9,13-15,35H,3,10-12,16H2,(H,37,38). The van der Waals surface area contributed by atoms with Crippen molar-refractivity contribution in [2.45, 2.75) is 31.7 Å². The van der Waals surface area contributed by atoms with Crippen molar-refractivity contribution in [1.29, 1.82) is 0 Å². The van der Waals surface area contributed by atoms with E-state index in [2.05, 4.69) is 9.97 Å². The van der Waals surface area contributed by atoms with Gasteiger partial charge in [-0.2, -0.15) is 26.3 Å². The predicted molar refractivity (Wildman–Crippen MR) is 131 cm³/mol. The topological polar surface area (TPSA) is 78.4 Å². The predicted octanol–water partition coefficient (Wildman–Crippen LogP) is 6.70. The maximum absolute atomic E-state index is 13.7. The van der Waals surface area contributed by atoms with Gasteiger partial charge in [-0.1, -0.05) is 12.1 Å². The van der Waals surface area contributed by atoms with Gasteiger partial charge in [-0.3, -0.25) is 4.79 Å². The number of carboxylic acids is 1. The summed E-state index contributed by atoms with van der Waals surface area (Å²) in [7, 11) is 0. The first-order chi connectivity index (χ1) is 18.4. The van der Waals surface area contributed by atoms with Gasteiger partial charge in [0, 0.05) is 36.4 Å². The number of carbonyl (C=O) groups is 1. The summed E-state index contributed by atoms with van der Waals surface area (Å²) >= 11 is 0. The Labute approximate surface area is 218 Å². The number of fused-ring (bicyclic) bond motifs is 1. The monoisotopic (exact) mass is 551 g/mol. The highest BCUT2D eigenvalue weighted by molar-refractivity contribution is 5.88. The minimum atomic E-state index is -4.98. The van der Waals surface area contributed by atoms with Crippen molar-refractivity contribution in [2.24, 2.45) is 0 Å². The van der Waals surface area contributed by atoms with Gasteiger partial charge >= 0.3 is 18.3 Å². The normalized spacial score (nSPS) is 12.1. The van der Waals surface area contributed by atoms with Crippen molar-refractivity contribution < 1.29 is 41.0 Å². The zero-order valence-corrected chi connectivity index (χ0v) is 20.3. The van der Waals surface area contributed by atoms with Gasteiger partial charge in [0.15, 0.2) is 0 Å². The molecule has 0 aliphatic carbocycles. The molecule has 0 radical (unpaired) electrons. The Morgan fingerprint density at radius 3 is 2.44 bits per heavy atom. The van der Waals surface area contributed by atoms with Gasteiger partial charge in [-0.25, -0.2) is 4.98 Å². The molecule has 206 valence electrons. The van der Waals surface area contributed by atoms with E-state index in [0.717, 1.165) is 11.6 Å². The number of nitrogens with zero attached hydrogens (tertiary/aromatic N) is 2. The van der Waals surface area contributed by atoms with E-state index in [1.807, 2.05) is 0 Å². The number of rotatable bonds is 10. The first kappa shape index (κ1) is 27.8. The second-order valence-corrected chi connectivity index (χ2v) is 8.77. The number of aliphatic carboxylic acids is 1. The number of pyridine rings is 1. The third-order valence-electron chi connectivity index (χ3n) is 6.00. The summed E-state index contributed by atoms with van der Waals surface area (Å²) in [6, 6.07) is 11.7. The van der Waals surface area contributed by atoms with E-state index >= 15 is 0 Å². The fraction of sp³-hybridized carbons (Fsp3) is 0.259. The Balaban J connectivity index is 1.49. The number of alkyl halides is 6. The van der Waals surface area contributed by atoms with E-state index < -0.39 is 29.4 Å². The summed E-state index contributed by atoms with van der Waals surface area (Å²) in [5.41, 5.74) is -1.70. The lowest BCUT2D eigenvalue weighted by molar-refractivity contribution is -0.143. The molecule has 0 saturated carbocycles. The van der Waals surface area contributed by atoms with E-state index in [4.69, 9.17) is 9.84 Å². The van der Waals surface area contributed by atoms with Crippen LogP contribution in [-0.2, 0) is 30.1 Å². The van der Waals surface area contributed by atoms with Crippen molar-refractivity contribution in [2.75, 3.05) is 18.1 Å². The molecule has 0 unspecified atom stereocenters. The zero-order valence-electron chi connectivity index (χ0n) is 20.3. The second-order valence-electron chi connectivity index (χ2n) is 8.77. The first-order valence-corrected chi connectivity index (χ1v) is 11.8. The summed E-state index contributed by atoms with van der Waals surface area (Å²) in [6.45, 7) is 0.0521. The molecule has 0 aliphatic rings. The molecule has 2 aromatic carbocycles.